The molecule has 0 radical (unpaired) electrons. The first-order chi connectivity index (χ1) is 24.4. The normalized spacial score (nSPS) is 14.3. The molecule has 0 saturated heterocycles. The third-order valence-electron chi connectivity index (χ3n) is 8.38. The number of benzene rings is 4. The van der Waals surface area contributed by atoms with Gasteiger partial charge in [-0.15, -0.1) is 0 Å². The molecule has 0 unspecified atom stereocenters. The van der Waals surface area contributed by atoms with Gasteiger partial charge in [-0.2, -0.15) is 0 Å². The summed E-state index contributed by atoms with van der Waals surface area (Å²) in [4.78, 5) is 46.0. The number of methoxy groups -OCH3 is 1. The van der Waals surface area contributed by atoms with Gasteiger partial charge in [0.1, 0.15) is 23.3 Å². The van der Waals surface area contributed by atoms with Crippen LogP contribution in [0.15, 0.2) is 123 Å². The first-order valence-electron chi connectivity index (χ1n) is 16.1. The molecule has 50 heavy (non-hydrogen) atoms. The van der Waals surface area contributed by atoms with Gasteiger partial charge in [-0.25, -0.2) is 14.6 Å². The zero-order chi connectivity index (χ0) is 34.8. The van der Waals surface area contributed by atoms with Crippen LogP contribution in [0, 0.1) is 0 Å². The van der Waals surface area contributed by atoms with Gasteiger partial charge in [0.15, 0.2) is 4.80 Å². The largest absolute Gasteiger partial charge is 0.496 e. The minimum atomic E-state index is -0.922. The maximum Gasteiger partial charge on any atom is 0.338 e. The minimum absolute atomic E-state index is 0.139. The standard InChI is InChI=1S/C40H32N2O7S/c1-4-47-38(44)27-17-15-25(16-18-27)30-22-20-28(49-30)23-32-37(43)42-36(33-29-14-10-9-11-24(29)19-21-31(33)46-3)34(39(45)48-5-2)35(41-40(42)50-32)26-12-7-6-8-13-26/h6-23,36H,4-5H2,1-3H3/t36-/m0/s1. The molecule has 9 nitrogen and oxygen atoms in total. The summed E-state index contributed by atoms with van der Waals surface area (Å²) in [6.07, 6.45) is 1.67. The minimum Gasteiger partial charge on any atom is -0.496 e. The Morgan fingerprint density at radius 3 is 2.30 bits per heavy atom. The third-order valence-corrected chi connectivity index (χ3v) is 9.36. The average molecular weight is 685 g/mol. The van der Waals surface area contributed by atoms with Gasteiger partial charge in [0, 0.05) is 22.8 Å². The molecule has 1 aliphatic heterocycles. The molecule has 10 heteroatoms. The van der Waals surface area contributed by atoms with Crippen LogP contribution < -0.4 is 19.6 Å². The van der Waals surface area contributed by atoms with Gasteiger partial charge >= 0.3 is 11.9 Å². The molecule has 0 saturated carbocycles. The Bertz CT molecular complexity index is 2460. The van der Waals surface area contributed by atoms with Crippen molar-refractivity contribution in [1.82, 2.24) is 4.57 Å². The molecular formula is C40H32N2O7S. The number of aromatic nitrogens is 1. The maximum atomic E-state index is 14.5. The van der Waals surface area contributed by atoms with Crippen molar-refractivity contribution in [3.63, 3.8) is 0 Å². The smallest absolute Gasteiger partial charge is 0.338 e. The third kappa shape index (κ3) is 5.94. The van der Waals surface area contributed by atoms with Crippen LogP contribution in [0.5, 0.6) is 5.75 Å². The van der Waals surface area contributed by atoms with E-state index in [9.17, 15) is 14.4 Å². The average Bonchev–Trinajstić information content (AvgIpc) is 3.74. The molecule has 4 aromatic carbocycles. The Hall–Kier alpha value is -6.00. The lowest BCUT2D eigenvalue weighted by atomic mass is 9.89. The van der Waals surface area contributed by atoms with E-state index < -0.39 is 18.0 Å². The van der Waals surface area contributed by atoms with Gasteiger partial charge in [0.2, 0.25) is 0 Å². The van der Waals surface area contributed by atoms with Gasteiger partial charge in [0.05, 0.1) is 41.7 Å². The summed E-state index contributed by atoms with van der Waals surface area (Å²) in [7, 11) is 1.57. The van der Waals surface area contributed by atoms with E-state index >= 15 is 0 Å². The topological polar surface area (TPSA) is 109 Å². The van der Waals surface area contributed by atoms with Crippen molar-refractivity contribution in [3.05, 3.63) is 151 Å². The molecule has 0 bridgehead atoms. The number of esters is 2. The maximum absolute atomic E-state index is 14.5. The van der Waals surface area contributed by atoms with Gasteiger partial charge in [-0.1, -0.05) is 84.1 Å². The Morgan fingerprint density at radius 2 is 1.56 bits per heavy atom. The number of rotatable bonds is 9. The second-order valence-electron chi connectivity index (χ2n) is 11.3. The molecule has 1 aliphatic rings. The highest BCUT2D eigenvalue weighted by atomic mass is 32.1. The number of fused-ring (bicyclic) bond motifs is 2. The summed E-state index contributed by atoms with van der Waals surface area (Å²) < 4.78 is 24.7. The molecule has 0 spiro atoms. The van der Waals surface area contributed by atoms with Gasteiger partial charge in [-0.05, 0) is 55.0 Å². The molecule has 0 N–H and O–H groups in total. The van der Waals surface area contributed by atoms with E-state index in [1.807, 2.05) is 66.7 Å². The van der Waals surface area contributed by atoms with Crippen LogP contribution in [0.2, 0.25) is 0 Å². The van der Waals surface area contributed by atoms with E-state index in [1.54, 1.807) is 68.0 Å². The Kier molecular flexibility index (Phi) is 9.02. The molecule has 7 rings (SSSR count). The van der Waals surface area contributed by atoms with E-state index in [1.165, 1.54) is 11.3 Å². The first kappa shape index (κ1) is 32.5. The lowest BCUT2D eigenvalue weighted by molar-refractivity contribution is -0.138. The second kappa shape index (κ2) is 13.9. The number of furan rings is 1. The Balaban J connectivity index is 1.43. The number of hydrogen-bond acceptors (Lipinski definition) is 9. The molecule has 3 heterocycles. The zero-order valence-electron chi connectivity index (χ0n) is 27.5. The van der Waals surface area contributed by atoms with E-state index in [0.717, 1.165) is 16.3 Å². The van der Waals surface area contributed by atoms with Crippen molar-refractivity contribution in [1.29, 1.82) is 0 Å². The van der Waals surface area contributed by atoms with Gasteiger partial charge in [0.25, 0.3) is 5.56 Å². The lowest BCUT2D eigenvalue weighted by Gasteiger charge is -2.28. The highest BCUT2D eigenvalue weighted by Gasteiger charge is 2.37. The Morgan fingerprint density at radius 1 is 0.840 bits per heavy atom. The fraction of sp³-hybridized carbons (Fsp3) is 0.150. The summed E-state index contributed by atoms with van der Waals surface area (Å²) in [5, 5.41) is 1.75. The molecule has 2 aromatic heterocycles. The fourth-order valence-electron chi connectivity index (χ4n) is 6.15. The number of nitrogens with zero attached hydrogens (tertiary/aromatic N) is 2. The van der Waals surface area contributed by atoms with Crippen LogP contribution in [0.1, 0.15) is 47.1 Å². The number of thiazole rings is 1. The monoisotopic (exact) mass is 684 g/mol. The predicted molar refractivity (Wildman–Crippen MR) is 192 cm³/mol. The van der Waals surface area contributed by atoms with E-state index in [2.05, 4.69) is 0 Å². The molecule has 0 aliphatic carbocycles. The Labute approximate surface area is 291 Å². The van der Waals surface area contributed by atoms with Crippen molar-refractivity contribution >= 4 is 45.8 Å². The summed E-state index contributed by atoms with van der Waals surface area (Å²) >= 11 is 1.20. The van der Waals surface area contributed by atoms with Gasteiger partial charge < -0.3 is 18.6 Å². The van der Waals surface area contributed by atoms with Crippen LogP contribution in [-0.2, 0) is 14.3 Å². The van der Waals surface area contributed by atoms with Crippen LogP contribution in [0.25, 0.3) is 33.9 Å². The first-order valence-corrected chi connectivity index (χ1v) is 16.9. The zero-order valence-corrected chi connectivity index (χ0v) is 28.4. The van der Waals surface area contributed by atoms with E-state index in [4.69, 9.17) is 23.6 Å². The summed E-state index contributed by atoms with van der Waals surface area (Å²) in [6, 6.07) is 30.6. The number of carbonyl (C=O) groups is 2. The fourth-order valence-corrected chi connectivity index (χ4v) is 7.13. The van der Waals surface area contributed by atoms with Crippen molar-refractivity contribution < 1.29 is 28.2 Å². The second-order valence-corrected chi connectivity index (χ2v) is 12.3. The summed E-state index contributed by atoms with van der Waals surface area (Å²) in [5.74, 6) is 0.564. The molecule has 0 fully saturated rings. The number of ether oxygens (including phenoxy) is 3. The molecule has 6 aromatic rings. The van der Waals surface area contributed by atoms with Crippen molar-refractivity contribution in [2.24, 2.45) is 4.99 Å². The van der Waals surface area contributed by atoms with Crippen LogP contribution >= 0.6 is 11.3 Å². The van der Waals surface area contributed by atoms with Crippen molar-refractivity contribution in [2.45, 2.75) is 19.9 Å². The summed E-state index contributed by atoms with van der Waals surface area (Å²) in [6.45, 7) is 3.94. The molecule has 250 valence electrons. The molecular weight excluding hydrogens is 653 g/mol. The highest BCUT2D eigenvalue weighted by molar-refractivity contribution is 7.07. The van der Waals surface area contributed by atoms with Gasteiger partial charge in [-0.3, -0.25) is 9.36 Å². The van der Waals surface area contributed by atoms with Crippen LogP contribution in [0.3, 0.4) is 0 Å². The SMILES string of the molecule is CCOC(=O)C1=C(c2ccccc2)N=c2sc(=Cc3ccc(-c4ccc(C(=O)OCC)cc4)o3)c(=O)n2[C@H]1c1c(OC)ccc2ccccc12. The van der Waals surface area contributed by atoms with Crippen molar-refractivity contribution in [2.75, 3.05) is 20.3 Å². The lowest BCUT2D eigenvalue weighted by Crippen LogP contribution is -2.40. The van der Waals surface area contributed by atoms with E-state index in [0.29, 0.717) is 55.6 Å². The number of carbonyl (C=O) groups excluding carboxylic acids is 2. The van der Waals surface area contributed by atoms with E-state index in [-0.39, 0.29) is 17.7 Å². The predicted octanol–water partition coefficient (Wildman–Crippen LogP) is 6.53. The number of hydrogen-bond donors (Lipinski definition) is 0. The van der Waals surface area contributed by atoms with Crippen molar-refractivity contribution in [3.8, 4) is 17.1 Å². The summed E-state index contributed by atoms with van der Waals surface area (Å²) in [5.41, 5.74) is 2.87. The van der Waals surface area contributed by atoms with Crippen LogP contribution in [0.4, 0.5) is 0 Å². The molecule has 1 atom stereocenters. The quantitative estimate of drug-likeness (QED) is 0.159. The highest BCUT2D eigenvalue weighted by Crippen LogP contribution is 2.42. The molecule has 0 amide bonds. The van der Waals surface area contributed by atoms with Crippen LogP contribution in [-0.4, -0.2) is 36.8 Å².